The highest BCUT2D eigenvalue weighted by molar-refractivity contribution is 5.41. The molecule has 0 amide bonds. The maximum absolute atomic E-state index is 5.84. The molecule has 1 atom stereocenters. The van der Waals surface area contributed by atoms with E-state index in [1.54, 1.807) is 0 Å². The molecule has 0 radical (unpaired) electrons. The summed E-state index contributed by atoms with van der Waals surface area (Å²) in [5, 5.41) is 0. The Hall–Kier alpha value is -1.06. The zero-order valence-corrected chi connectivity index (χ0v) is 11.5. The second-order valence-corrected chi connectivity index (χ2v) is 5.20. The summed E-state index contributed by atoms with van der Waals surface area (Å²) < 4.78 is 11.0. The van der Waals surface area contributed by atoms with Crippen molar-refractivity contribution in [1.82, 2.24) is 0 Å². The van der Waals surface area contributed by atoms with Crippen molar-refractivity contribution in [3.63, 3.8) is 0 Å². The summed E-state index contributed by atoms with van der Waals surface area (Å²) in [7, 11) is 0. The van der Waals surface area contributed by atoms with Gasteiger partial charge >= 0.3 is 0 Å². The molecular formula is C15H23NO2. The molecule has 18 heavy (non-hydrogen) atoms. The van der Waals surface area contributed by atoms with Crippen LogP contribution in [0.2, 0.25) is 0 Å². The Morgan fingerprint density at radius 3 is 2.61 bits per heavy atom. The van der Waals surface area contributed by atoms with E-state index in [1.165, 1.54) is 11.1 Å². The number of hydrogen-bond donors (Lipinski definition) is 1. The SMILES string of the molecule is CCOc1ccc(C2(C(C)CN)COC2)cc1C. The Morgan fingerprint density at radius 1 is 1.44 bits per heavy atom. The monoisotopic (exact) mass is 249 g/mol. The van der Waals surface area contributed by atoms with Crippen LogP contribution in [0.15, 0.2) is 18.2 Å². The molecular weight excluding hydrogens is 226 g/mol. The third-order valence-electron chi connectivity index (χ3n) is 4.07. The molecule has 0 aromatic heterocycles. The molecule has 1 aliphatic rings. The predicted octanol–water partition coefficient (Wildman–Crippen LogP) is 2.26. The van der Waals surface area contributed by atoms with Crippen LogP contribution < -0.4 is 10.5 Å². The van der Waals surface area contributed by atoms with Gasteiger partial charge in [0.05, 0.1) is 19.8 Å². The summed E-state index contributed by atoms with van der Waals surface area (Å²) in [6.07, 6.45) is 0. The molecule has 1 fully saturated rings. The Labute approximate surface area is 109 Å². The number of hydrogen-bond acceptors (Lipinski definition) is 3. The van der Waals surface area contributed by atoms with Crippen molar-refractivity contribution in [3.05, 3.63) is 29.3 Å². The van der Waals surface area contributed by atoms with Crippen molar-refractivity contribution >= 4 is 0 Å². The van der Waals surface area contributed by atoms with Gasteiger partial charge < -0.3 is 15.2 Å². The van der Waals surface area contributed by atoms with E-state index in [9.17, 15) is 0 Å². The van der Waals surface area contributed by atoms with E-state index < -0.39 is 0 Å². The van der Waals surface area contributed by atoms with Gasteiger partial charge in [0.1, 0.15) is 5.75 Å². The Bertz CT molecular complexity index is 413. The van der Waals surface area contributed by atoms with Crippen molar-refractivity contribution in [2.24, 2.45) is 11.7 Å². The predicted molar refractivity (Wildman–Crippen MR) is 73.1 cm³/mol. The first-order valence-corrected chi connectivity index (χ1v) is 6.65. The van der Waals surface area contributed by atoms with Gasteiger partial charge in [0.15, 0.2) is 0 Å². The zero-order chi connectivity index (χ0) is 13.2. The smallest absolute Gasteiger partial charge is 0.122 e. The summed E-state index contributed by atoms with van der Waals surface area (Å²) >= 11 is 0. The van der Waals surface area contributed by atoms with Gasteiger partial charge in [0.2, 0.25) is 0 Å². The van der Waals surface area contributed by atoms with Crippen LogP contribution >= 0.6 is 0 Å². The second-order valence-electron chi connectivity index (χ2n) is 5.20. The van der Waals surface area contributed by atoms with Crippen molar-refractivity contribution in [3.8, 4) is 5.75 Å². The third kappa shape index (κ3) is 2.13. The molecule has 100 valence electrons. The molecule has 1 saturated heterocycles. The highest BCUT2D eigenvalue weighted by atomic mass is 16.5. The van der Waals surface area contributed by atoms with Gasteiger partial charge in [-0.05, 0) is 43.5 Å². The fourth-order valence-electron chi connectivity index (χ4n) is 2.56. The summed E-state index contributed by atoms with van der Waals surface area (Å²) in [6, 6.07) is 6.45. The van der Waals surface area contributed by atoms with Crippen LogP contribution in [0, 0.1) is 12.8 Å². The van der Waals surface area contributed by atoms with Gasteiger partial charge in [-0.25, -0.2) is 0 Å². The molecule has 0 bridgehead atoms. The summed E-state index contributed by atoms with van der Waals surface area (Å²) in [5.41, 5.74) is 8.45. The van der Waals surface area contributed by atoms with E-state index in [2.05, 4.69) is 32.0 Å². The molecule has 1 aliphatic heterocycles. The zero-order valence-electron chi connectivity index (χ0n) is 11.5. The molecule has 2 N–H and O–H groups in total. The third-order valence-corrected chi connectivity index (χ3v) is 4.07. The average Bonchev–Trinajstić information content (AvgIpc) is 2.31. The Kier molecular flexibility index (Phi) is 3.93. The molecule has 1 unspecified atom stereocenters. The number of aryl methyl sites for hydroxylation is 1. The van der Waals surface area contributed by atoms with Gasteiger partial charge in [-0.1, -0.05) is 19.1 Å². The van der Waals surface area contributed by atoms with Gasteiger partial charge in [0, 0.05) is 5.41 Å². The highest BCUT2D eigenvalue weighted by Crippen LogP contribution is 2.40. The van der Waals surface area contributed by atoms with Gasteiger partial charge in [-0.2, -0.15) is 0 Å². The number of nitrogens with two attached hydrogens (primary N) is 1. The van der Waals surface area contributed by atoms with E-state index in [0.29, 0.717) is 19.1 Å². The molecule has 3 nitrogen and oxygen atoms in total. The highest BCUT2D eigenvalue weighted by Gasteiger charge is 2.44. The fourth-order valence-corrected chi connectivity index (χ4v) is 2.56. The maximum Gasteiger partial charge on any atom is 0.122 e. The summed E-state index contributed by atoms with van der Waals surface area (Å²) in [5.74, 6) is 1.40. The van der Waals surface area contributed by atoms with Crippen LogP contribution in [0.1, 0.15) is 25.0 Å². The lowest BCUT2D eigenvalue weighted by Crippen LogP contribution is -2.53. The second kappa shape index (κ2) is 5.29. The number of benzene rings is 1. The van der Waals surface area contributed by atoms with Crippen molar-refractivity contribution in [2.75, 3.05) is 26.4 Å². The molecule has 0 saturated carbocycles. The quantitative estimate of drug-likeness (QED) is 0.870. The largest absolute Gasteiger partial charge is 0.494 e. The minimum atomic E-state index is 0.101. The van der Waals surface area contributed by atoms with Gasteiger partial charge in [-0.15, -0.1) is 0 Å². The van der Waals surface area contributed by atoms with Crippen LogP contribution in [-0.2, 0) is 10.2 Å². The normalized spacial score (nSPS) is 19.1. The first kappa shape index (κ1) is 13.4. The topological polar surface area (TPSA) is 44.5 Å². The van der Waals surface area contributed by atoms with Crippen molar-refractivity contribution < 1.29 is 9.47 Å². The maximum atomic E-state index is 5.84. The van der Waals surface area contributed by atoms with Crippen molar-refractivity contribution in [1.29, 1.82) is 0 Å². The average molecular weight is 249 g/mol. The first-order chi connectivity index (χ1) is 8.64. The minimum Gasteiger partial charge on any atom is -0.494 e. The summed E-state index contributed by atoms with van der Waals surface area (Å²) in [6.45, 7) is 9.25. The molecule has 1 aromatic carbocycles. The van der Waals surface area contributed by atoms with Crippen LogP contribution in [-0.4, -0.2) is 26.4 Å². The molecule has 0 aliphatic carbocycles. The molecule has 3 heteroatoms. The standard InChI is InChI=1S/C15H23NO2/c1-4-18-14-6-5-13(7-11(14)2)15(9-17-10-15)12(3)8-16/h5-7,12H,4,8-10,16H2,1-3H3. The van der Waals surface area contributed by atoms with E-state index in [-0.39, 0.29) is 5.41 Å². The molecule has 2 rings (SSSR count). The Balaban J connectivity index is 2.30. The minimum absolute atomic E-state index is 0.101. The lowest BCUT2D eigenvalue weighted by Gasteiger charge is -2.46. The first-order valence-electron chi connectivity index (χ1n) is 6.65. The van der Waals surface area contributed by atoms with Crippen LogP contribution in [0.3, 0.4) is 0 Å². The number of ether oxygens (including phenoxy) is 2. The van der Waals surface area contributed by atoms with E-state index in [1.807, 2.05) is 6.92 Å². The molecule has 0 spiro atoms. The summed E-state index contributed by atoms with van der Waals surface area (Å²) in [4.78, 5) is 0. The molecule has 1 heterocycles. The number of rotatable bonds is 5. The van der Waals surface area contributed by atoms with Crippen molar-refractivity contribution in [2.45, 2.75) is 26.2 Å². The lowest BCUT2D eigenvalue weighted by atomic mass is 9.69. The fraction of sp³-hybridized carbons (Fsp3) is 0.600. The van der Waals surface area contributed by atoms with Crippen LogP contribution in [0.25, 0.3) is 0 Å². The van der Waals surface area contributed by atoms with Gasteiger partial charge in [0.25, 0.3) is 0 Å². The lowest BCUT2D eigenvalue weighted by molar-refractivity contribution is -0.0854. The Morgan fingerprint density at radius 2 is 2.17 bits per heavy atom. The van der Waals surface area contributed by atoms with Crippen LogP contribution in [0.4, 0.5) is 0 Å². The van der Waals surface area contributed by atoms with Gasteiger partial charge in [-0.3, -0.25) is 0 Å². The van der Waals surface area contributed by atoms with E-state index in [4.69, 9.17) is 15.2 Å². The van der Waals surface area contributed by atoms with Crippen LogP contribution in [0.5, 0.6) is 5.75 Å². The molecule has 1 aromatic rings. The van der Waals surface area contributed by atoms with E-state index >= 15 is 0 Å². The van der Waals surface area contributed by atoms with E-state index in [0.717, 1.165) is 19.0 Å².